The van der Waals surface area contributed by atoms with Gasteiger partial charge < -0.3 is 20.0 Å². The predicted molar refractivity (Wildman–Crippen MR) is 130 cm³/mol. The second-order valence-electron chi connectivity index (χ2n) is 7.51. The SMILES string of the molecule is CN=C(NCC(=O)N1CCc2ccccc21)NCC(c1ccco1)N1CCCC1.I. The lowest BCUT2D eigenvalue weighted by Crippen LogP contribution is -2.46. The third-order valence-electron chi connectivity index (χ3n) is 5.73. The van der Waals surface area contributed by atoms with Crippen molar-refractivity contribution in [2.45, 2.75) is 25.3 Å². The van der Waals surface area contributed by atoms with E-state index in [0.29, 0.717) is 12.5 Å². The van der Waals surface area contributed by atoms with Crippen molar-refractivity contribution in [1.82, 2.24) is 15.5 Å². The summed E-state index contributed by atoms with van der Waals surface area (Å²) in [6.07, 6.45) is 5.07. The Kier molecular flexibility index (Phi) is 8.15. The van der Waals surface area contributed by atoms with Crippen LogP contribution in [0.2, 0.25) is 0 Å². The first-order valence-electron chi connectivity index (χ1n) is 10.4. The zero-order valence-corrected chi connectivity index (χ0v) is 19.7. The second kappa shape index (κ2) is 10.8. The number of amides is 1. The summed E-state index contributed by atoms with van der Waals surface area (Å²) in [7, 11) is 1.72. The van der Waals surface area contributed by atoms with Crippen LogP contribution in [-0.4, -0.2) is 56.5 Å². The van der Waals surface area contributed by atoms with Crippen molar-refractivity contribution in [2.75, 3.05) is 44.7 Å². The maximum absolute atomic E-state index is 12.7. The van der Waals surface area contributed by atoms with E-state index in [1.54, 1.807) is 13.3 Å². The Balaban J connectivity index is 0.00000256. The number of carbonyl (C=O) groups is 1. The number of likely N-dealkylation sites (tertiary alicyclic amines) is 1. The van der Waals surface area contributed by atoms with E-state index >= 15 is 0 Å². The van der Waals surface area contributed by atoms with Crippen molar-refractivity contribution >= 4 is 41.5 Å². The molecule has 1 saturated heterocycles. The standard InChI is InChI=1S/C22H29N5O2.HI/c1-23-22(24-15-19(20-9-6-14-29-20)26-11-4-5-12-26)25-16-21(28)27-13-10-17-7-2-3-8-18(17)27;/h2-3,6-9,14,19H,4-5,10-13,15-16H2,1H3,(H2,23,24,25);1H. The highest BCUT2D eigenvalue weighted by atomic mass is 127. The van der Waals surface area contributed by atoms with Crippen LogP contribution >= 0.6 is 24.0 Å². The summed E-state index contributed by atoms with van der Waals surface area (Å²) >= 11 is 0. The van der Waals surface area contributed by atoms with Gasteiger partial charge in [0.25, 0.3) is 0 Å². The molecule has 2 aliphatic heterocycles. The summed E-state index contributed by atoms with van der Waals surface area (Å²) in [6.45, 7) is 3.77. The number of rotatable bonds is 6. The highest BCUT2D eigenvalue weighted by Gasteiger charge is 2.26. The van der Waals surface area contributed by atoms with E-state index in [1.807, 2.05) is 35.2 Å². The lowest BCUT2D eigenvalue weighted by Gasteiger charge is -2.27. The van der Waals surface area contributed by atoms with Gasteiger partial charge in [-0.15, -0.1) is 24.0 Å². The van der Waals surface area contributed by atoms with Crippen LogP contribution in [0.25, 0.3) is 0 Å². The minimum absolute atomic E-state index is 0. The number of aliphatic imine (C=N–C) groups is 1. The molecule has 2 N–H and O–H groups in total. The van der Waals surface area contributed by atoms with E-state index in [4.69, 9.17) is 4.42 Å². The smallest absolute Gasteiger partial charge is 0.246 e. The number of anilines is 1. The number of para-hydroxylation sites is 1. The predicted octanol–water partition coefficient (Wildman–Crippen LogP) is 2.79. The molecule has 30 heavy (non-hydrogen) atoms. The van der Waals surface area contributed by atoms with Crippen LogP contribution < -0.4 is 15.5 Å². The summed E-state index contributed by atoms with van der Waals surface area (Å²) in [5.74, 6) is 1.64. The van der Waals surface area contributed by atoms with Gasteiger partial charge in [0.15, 0.2) is 5.96 Å². The highest BCUT2D eigenvalue weighted by molar-refractivity contribution is 14.0. The van der Waals surface area contributed by atoms with Crippen molar-refractivity contribution < 1.29 is 9.21 Å². The van der Waals surface area contributed by atoms with Crippen LogP contribution in [0, 0.1) is 0 Å². The Bertz CT molecular complexity index is 849. The Morgan fingerprint density at radius 3 is 2.67 bits per heavy atom. The fourth-order valence-corrected chi connectivity index (χ4v) is 4.21. The van der Waals surface area contributed by atoms with Crippen LogP contribution in [0.1, 0.15) is 30.2 Å². The molecule has 8 heteroatoms. The number of fused-ring (bicyclic) bond motifs is 1. The molecule has 2 aromatic rings. The molecule has 0 aliphatic carbocycles. The topological polar surface area (TPSA) is 73.1 Å². The Hall–Kier alpha value is -2.07. The number of carbonyl (C=O) groups excluding carboxylic acids is 1. The van der Waals surface area contributed by atoms with Crippen LogP contribution in [0.3, 0.4) is 0 Å². The van der Waals surface area contributed by atoms with Gasteiger partial charge in [-0.2, -0.15) is 0 Å². The number of guanidine groups is 1. The number of hydrogen-bond donors (Lipinski definition) is 2. The first-order chi connectivity index (χ1) is 14.3. The van der Waals surface area contributed by atoms with E-state index in [1.165, 1.54) is 18.4 Å². The summed E-state index contributed by atoms with van der Waals surface area (Å²) in [5, 5.41) is 6.53. The van der Waals surface area contributed by atoms with Gasteiger partial charge in [-0.05, 0) is 56.1 Å². The molecule has 1 amide bonds. The zero-order valence-electron chi connectivity index (χ0n) is 17.3. The Labute approximate surface area is 194 Å². The quantitative estimate of drug-likeness (QED) is 0.346. The monoisotopic (exact) mass is 523 g/mol. The zero-order chi connectivity index (χ0) is 20.1. The number of furan rings is 1. The Morgan fingerprint density at radius 1 is 1.13 bits per heavy atom. The van der Waals surface area contributed by atoms with Crippen LogP contribution in [-0.2, 0) is 11.2 Å². The minimum atomic E-state index is 0. The van der Waals surface area contributed by atoms with E-state index in [-0.39, 0.29) is 42.5 Å². The minimum Gasteiger partial charge on any atom is -0.468 e. The maximum Gasteiger partial charge on any atom is 0.246 e. The lowest BCUT2D eigenvalue weighted by atomic mass is 10.2. The molecule has 0 spiro atoms. The normalized spacial score (nSPS) is 17.4. The molecular weight excluding hydrogens is 493 g/mol. The van der Waals surface area contributed by atoms with Gasteiger partial charge in [-0.3, -0.25) is 14.7 Å². The maximum atomic E-state index is 12.7. The molecule has 0 saturated carbocycles. The molecule has 4 rings (SSSR count). The lowest BCUT2D eigenvalue weighted by molar-refractivity contribution is -0.117. The highest BCUT2D eigenvalue weighted by Crippen LogP contribution is 2.27. The largest absolute Gasteiger partial charge is 0.468 e. The number of nitrogens with zero attached hydrogens (tertiary/aromatic N) is 3. The molecule has 0 bridgehead atoms. The van der Waals surface area contributed by atoms with Crippen LogP contribution in [0.15, 0.2) is 52.1 Å². The van der Waals surface area contributed by atoms with E-state index < -0.39 is 0 Å². The first kappa shape index (κ1) is 22.6. The molecule has 162 valence electrons. The molecule has 1 aromatic carbocycles. The van der Waals surface area contributed by atoms with Crippen molar-refractivity contribution in [1.29, 1.82) is 0 Å². The average molecular weight is 523 g/mol. The van der Waals surface area contributed by atoms with Crippen LogP contribution in [0.4, 0.5) is 5.69 Å². The number of halogens is 1. The fraction of sp³-hybridized carbons (Fsp3) is 0.455. The molecule has 0 radical (unpaired) electrons. The average Bonchev–Trinajstić information content (AvgIpc) is 3.52. The fourth-order valence-electron chi connectivity index (χ4n) is 4.21. The van der Waals surface area contributed by atoms with E-state index in [0.717, 1.165) is 37.5 Å². The van der Waals surface area contributed by atoms with Gasteiger partial charge in [0.05, 0.1) is 18.8 Å². The van der Waals surface area contributed by atoms with Crippen molar-refractivity contribution in [3.05, 3.63) is 54.0 Å². The van der Waals surface area contributed by atoms with Gasteiger partial charge in [-0.1, -0.05) is 18.2 Å². The van der Waals surface area contributed by atoms with Crippen LogP contribution in [0.5, 0.6) is 0 Å². The second-order valence-corrected chi connectivity index (χ2v) is 7.51. The van der Waals surface area contributed by atoms with E-state index in [9.17, 15) is 4.79 Å². The van der Waals surface area contributed by atoms with Gasteiger partial charge in [0.1, 0.15) is 5.76 Å². The summed E-state index contributed by atoms with van der Waals surface area (Å²) in [5.41, 5.74) is 2.25. The number of hydrogen-bond acceptors (Lipinski definition) is 4. The Morgan fingerprint density at radius 2 is 1.93 bits per heavy atom. The number of benzene rings is 1. The van der Waals surface area contributed by atoms with Gasteiger partial charge in [-0.25, -0.2) is 0 Å². The van der Waals surface area contributed by atoms with Gasteiger partial charge in [0, 0.05) is 25.8 Å². The molecule has 1 aromatic heterocycles. The molecule has 1 fully saturated rings. The summed E-state index contributed by atoms with van der Waals surface area (Å²) in [6, 6.07) is 12.2. The molecule has 3 heterocycles. The van der Waals surface area contributed by atoms with Gasteiger partial charge in [0.2, 0.25) is 5.91 Å². The molecular formula is C22H30IN5O2. The van der Waals surface area contributed by atoms with Crippen molar-refractivity contribution in [2.24, 2.45) is 4.99 Å². The van der Waals surface area contributed by atoms with E-state index in [2.05, 4.69) is 26.6 Å². The van der Waals surface area contributed by atoms with Gasteiger partial charge >= 0.3 is 0 Å². The molecule has 7 nitrogen and oxygen atoms in total. The van der Waals surface area contributed by atoms with Crippen molar-refractivity contribution in [3.8, 4) is 0 Å². The summed E-state index contributed by atoms with van der Waals surface area (Å²) < 4.78 is 5.67. The van der Waals surface area contributed by atoms with Crippen molar-refractivity contribution in [3.63, 3.8) is 0 Å². The number of nitrogens with one attached hydrogen (secondary N) is 2. The molecule has 2 aliphatic rings. The third-order valence-corrected chi connectivity index (χ3v) is 5.73. The first-order valence-corrected chi connectivity index (χ1v) is 10.4. The molecule has 1 atom stereocenters. The third kappa shape index (κ3) is 5.15. The molecule has 1 unspecified atom stereocenters. The summed E-state index contributed by atoms with van der Waals surface area (Å²) in [4.78, 5) is 21.3.